The van der Waals surface area contributed by atoms with Crippen molar-refractivity contribution in [1.29, 1.82) is 0 Å². The summed E-state index contributed by atoms with van der Waals surface area (Å²) in [5.41, 5.74) is 7.04. The minimum absolute atomic E-state index is 0.278. The Kier molecular flexibility index (Phi) is 3.67. The first kappa shape index (κ1) is 12.4. The molecule has 3 heteroatoms. The van der Waals surface area contributed by atoms with E-state index in [0.29, 0.717) is 23.6 Å². The van der Waals surface area contributed by atoms with Gasteiger partial charge >= 0.3 is 0 Å². The molecule has 2 nitrogen and oxygen atoms in total. The molecule has 0 bridgehead atoms. The van der Waals surface area contributed by atoms with Gasteiger partial charge in [-0.25, -0.2) is 4.39 Å². The molecule has 0 heterocycles. The zero-order chi connectivity index (χ0) is 12.4. The minimum Gasteiger partial charge on any atom is -0.494 e. The van der Waals surface area contributed by atoms with Crippen molar-refractivity contribution in [3.63, 3.8) is 0 Å². The highest BCUT2D eigenvalue weighted by atomic mass is 19.1. The van der Waals surface area contributed by atoms with E-state index in [1.807, 2.05) is 6.07 Å². The predicted octanol–water partition coefficient (Wildman–Crippen LogP) is 2.75. The lowest BCUT2D eigenvalue weighted by Gasteiger charge is -2.18. The Balaban J connectivity index is 2.06. The average molecular weight is 237 g/mol. The van der Waals surface area contributed by atoms with Crippen LogP contribution in [0.2, 0.25) is 0 Å². The lowest BCUT2D eigenvalue weighted by atomic mass is 9.90. The maximum atomic E-state index is 13.5. The summed E-state index contributed by atoms with van der Waals surface area (Å²) >= 11 is 0. The summed E-state index contributed by atoms with van der Waals surface area (Å²) in [6, 6.07) is 5.53. The smallest absolute Gasteiger partial charge is 0.165 e. The van der Waals surface area contributed by atoms with Crippen LogP contribution in [0.15, 0.2) is 18.2 Å². The number of nitrogens with two attached hydrogens (primary N) is 1. The summed E-state index contributed by atoms with van der Waals surface area (Å²) in [6.45, 7) is 2.20. The Hall–Kier alpha value is -1.09. The lowest BCUT2D eigenvalue weighted by molar-refractivity contribution is 0.380. The average Bonchev–Trinajstić information content (AvgIpc) is 2.61. The first-order chi connectivity index (χ1) is 8.11. The number of methoxy groups -OCH3 is 1. The van der Waals surface area contributed by atoms with E-state index in [1.54, 1.807) is 12.1 Å². The third-order valence-corrected chi connectivity index (χ3v) is 4.00. The van der Waals surface area contributed by atoms with Crippen LogP contribution in [0.1, 0.15) is 25.3 Å². The number of benzene rings is 1. The second-order valence-electron chi connectivity index (χ2n) is 5.03. The molecule has 17 heavy (non-hydrogen) atoms. The van der Waals surface area contributed by atoms with Gasteiger partial charge in [0, 0.05) is 6.04 Å². The molecule has 2 rings (SSSR count). The molecule has 0 radical (unpaired) electrons. The molecular formula is C14H20FNO. The molecule has 0 amide bonds. The molecule has 0 saturated heterocycles. The quantitative estimate of drug-likeness (QED) is 0.877. The van der Waals surface area contributed by atoms with E-state index >= 15 is 0 Å². The minimum atomic E-state index is -0.278. The molecule has 1 aromatic rings. The van der Waals surface area contributed by atoms with Gasteiger partial charge in [-0.15, -0.1) is 0 Å². The van der Waals surface area contributed by atoms with Gasteiger partial charge in [-0.2, -0.15) is 0 Å². The van der Waals surface area contributed by atoms with Gasteiger partial charge in [-0.1, -0.05) is 13.0 Å². The Bertz CT molecular complexity index is 394. The number of ether oxygens (including phenoxy) is 1. The van der Waals surface area contributed by atoms with Gasteiger partial charge in [-0.3, -0.25) is 0 Å². The fraction of sp³-hybridized carbons (Fsp3) is 0.571. The number of halogens is 1. The molecule has 2 N–H and O–H groups in total. The van der Waals surface area contributed by atoms with Crippen LogP contribution in [-0.2, 0) is 6.42 Å². The summed E-state index contributed by atoms with van der Waals surface area (Å²) in [5, 5.41) is 0. The van der Waals surface area contributed by atoms with Crippen molar-refractivity contribution >= 4 is 0 Å². The van der Waals surface area contributed by atoms with Gasteiger partial charge in [0.25, 0.3) is 0 Å². The number of hydrogen-bond donors (Lipinski definition) is 1. The van der Waals surface area contributed by atoms with Crippen molar-refractivity contribution in [3.8, 4) is 5.75 Å². The highest BCUT2D eigenvalue weighted by Crippen LogP contribution is 2.33. The topological polar surface area (TPSA) is 35.2 Å². The highest BCUT2D eigenvalue weighted by molar-refractivity contribution is 5.29. The number of hydrogen-bond acceptors (Lipinski definition) is 2. The standard InChI is InChI=1S/C14H20FNO/c1-9-11(4-5-13(9)16)7-10-3-6-14(17-2)12(15)8-10/h3,6,8-9,11,13H,4-5,7,16H2,1-2H3. The van der Waals surface area contributed by atoms with Crippen LogP contribution in [0.25, 0.3) is 0 Å². The third kappa shape index (κ3) is 2.60. The molecule has 1 fully saturated rings. The molecule has 3 unspecified atom stereocenters. The Morgan fingerprint density at radius 1 is 1.41 bits per heavy atom. The fourth-order valence-corrected chi connectivity index (χ4v) is 2.71. The van der Waals surface area contributed by atoms with E-state index < -0.39 is 0 Å². The Labute approximate surface area is 102 Å². The first-order valence-electron chi connectivity index (χ1n) is 6.20. The van der Waals surface area contributed by atoms with Crippen molar-refractivity contribution < 1.29 is 9.13 Å². The maximum absolute atomic E-state index is 13.5. The van der Waals surface area contributed by atoms with Crippen LogP contribution in [0.4, 0.5) is 4.39 Å². The normalized spacial score (nSPS) is 28.4. The van der Waals surface area contributed by atoms with Crippen molar-refractivity contribution in [2.24, 2.45) is 17.6 Å². The summed E-state index contributed by atoms with van der Waals surface area (Å²) in [6.07, 6.45) is 3.15. The van der Waals surface area contributed by atoms with Crippen molar-refractivity contribution in [2.75, 3.05) is 7.11 Å². The zero-order valence-electron chi connectivity index (χ0n) is 10.4. The summed E-state index contributed by atoms with van der Waals surface area (Å²) in [7, 11) is 1.48. The summed E-state index contributed by atoms with van der Waals surface area (Å²) in [4.78, 5) is 0. The van der Waals surface area contributed by atoms with Gasteiger partial charge in [0.1, 0.15) is 0 Å². The highest BCUT2D eigenvalue weighted by Gasteiger charge is 2.30. The second-order valence-corrected chi connectivity index (χ2v) is 5.03. The molecule has 3 atom stereocenters. The van der Waals surface area contributed by atoms with Crippen LogP contribution < -0.4 is 10.5 Å². The van der Waals surface area contributed by atoms with Crippen LogP contribution in [0.3, 0.4) is 0 Å². The molecular weight excluding hydrogens is 217 g/mol. The van der Waals surface area contributed by atoms with Crippen LogP contribution in [0, 0.1) is 17.7 Å². The summed E-state index contributed by atoms with van der Waals surface area (Å²) < 4.78 is 18.5. The third-order valence-electron chi connectivity index (χ3n) is 4.00. The van der Waals surface area contributed by atoms with Gasteiger partial charge in [-0.05, 0) is 48.8 Å². The summed E-state index contributed by atoms with van der Waals surface area (Å²) in [5.74, 6) is 1.14. The van der Waals surface area contributed by atoms with E-state index in [1.165, 1.54) is 7.11 Å². The SMILES string of the molecule is COc1ccc(CC2CCC(N)C2C)cc1F. The monoisotopic (exact) mass is 237 g/mol. The molecule has 0 aliphatic heterocycles. The molecule has 1 aliphatic carbocycles. The van der Waals surface area contributed by atoms with E-state index in [0.717, 1.165) is 24.8 Å². The van der Waals surface area contributed by atoms with E-state index in [9.17, 15) is 4.39 Å². The van der Waals surface area contributed by atoms with Gasteiger partial charge in [0.05, 0.1) is 7.11 Å². The van der Waals surface area contributed by atoms with E-state index in [2.05, 4.69) is 6.92 Å². The number of rotatable bonds is 3. The lowest BCUT2D eigenvalue weighted by Crippen LogP contribution is -2.25. The molecule has 0 spiro atoms. The van der Waals surface area contributed by atoms with Crippen molar-refractivity contribution in [2.45, 2.75) is 32.2 Å². The van der Waals surface area contributed by atoms with Crippen LogP contribution >= 0.6 is 0 Å². The Morgan fingerprint density at radius 2 is 2.18 bits per heavy atom. The molecule has 1 aromatic carbocycles. The largest absolute Gasteiger partial charge is 0.494 e. The molecule has 0 aromatic heterocycles. The molecule has 1 saturated carbocycles. The van der Waals surface area contributed by atoms with Crippen LogP contribution in [-0.4, -0.2) is 13.2 Å². The maximum Gasteiger partial charge on any atom is 0.165 e. The van der Waals surface area contributed by atoms with Crippen LogP contribution in [0.5, 0.6) is 5.75 Å². The van der Waals surface area contributed by atoms with Crippen molar-refractivity contribution in [3.05, 3.63) is 29.6 Å². The van der Waals surface area contributed by atoms with Gasteiger partial charge in [0.15, 0.2) is 11.6 Å². The van der Waals surface area contributed by atoms with Crippen molar-refractivity contribution in [1.82, 2.24) is 0 Å². The molecule has 94 valence electrons. The fourth-order valence-electron chi connectivity index (χ4n) is 2.71. The van der Waals surface area contributed by atoms with Gasteiger partial charge < -0.3 is 10.5 Å². The predicted molar refractivity (Wildman–Crippen MR) is 66.5 cm³/mol. The van der Waals surface area contributed by atoms with Gasteiger partial charge in [0.2, 0.25) is 0 Å². The van der Waals surface area contributed by atoms with E-state index in [4.69, 9.17) is 10.5 Å². The Morgan fingerprint density at radius 3 is 2.71 bits per heavy atom. The molecule has 1 aliphatic rings. The van der Waals surface area contributed by atoms with E-state index in [-0.39, 0.29) is 5.82 Å². The zero-order valence-corrected chi connectivity index (χ0v) is 10.4. The first-order valence-corrected chi connectivity index (χ1v) is 6.20. The second kappa shape index (κ2) is 5.05.